The van der Waals surface area contributed by atoms with Crippen LogP contribution in [-0.2, 0) is 0 Å². The van der Waals surface area contributed by atoms with Crippen molar-refractivity contribution in [1.29, 1.82) is 0 Å². The van der Waals surface area contributed by atoms with Crippen LogP contribution in [0, 0.1) is 5.41 Å². The number of aliphatic hydroxyl groups excluding tert-OH is 1. The van der Waals surface area contributed by atoms with Gasteiger partial charge in [0.05, 0.1) is 6.10 Å². The van der Waals surface area contributed by atoms with Crippen molar-refractivity contribution in [3.63, 3.8) is 0 Å². The Morgan fingerprint density at radius 2 is 2.15 bits per heavy atom. The van der Waals surface area contributed by atoms with E-state index < -0.39 is 0 Å². The van der Waals surface area contributed by atoms with E-state index in [0.29, 0.717) is 5.41 Å². The fourth-order valence-electron chi connectivity index (χ4n) is 3.23. The highest BCUT2D eigenvalue weighted by Crippen LogP contribution is 2.49. The van der Waals surface area contributed by atoms with Crippen LogP contribution in [0.25, 0.3) is 0 Å². The summed E-state index contributed by atoms with van der Waals surface area (Å²) in [4.78, 5) is 0. The lowest BCUT2D eigenvalue weighted by atomic mass is 9.63. The molecule has 1 heteroatoms. The third kappa shape index (κ3) is 1.54. The summed E-state index contributed by atoms with van der Waals surface area (Å²) in [7, 11) is 0. The molecule has 2 atom stereocenters. The molecule has 0 bridgehead atoms. The normalized spacial score (nSPS) is 40.4. The molecule has 0 aromatic rings. The Morgan fingerprint density at radius 1 is 1.38 bits per heavy atom. The molecule has 1 N–H and O–H groups in total. The lowest BCUT2D eigenvalue weighted by Gasteiger charge is -2.43. The predicted octanol–water partition coefficient (Wildman–Crippen LogP) is 3.04. The van der Waals surface area contributed by atoms with Gasteiger partial charge in [-0.1, -0.05) is 18.1 Å². The molecule has 1 fully saturated rings. The van der Waals surface area contributed by atoms with Crippen LogP contribution in [0.1, 0.15) is 52.4 Å². The van der Waals surface area contributed by atoms with E-state index in [1.165, 1.54) is 19.3 Å². The smallest absolute Gasteiger partial charge is 0.0551 e. The van der Waals surface area contributed by atoms with Gasteiger partial charge in [-0.15, -0.1) is 0 Å². The van der Waals surface area contributed by atoms with Gasteiger partial charge in [-0.25, -0.2) is 0 Å². The topological polar surface area (TPSA) is 20.2 Å². The first-order valence-electron chi connectivity index (χ1n) is 5.49. The van der Waals surface area contributed by atoms with Crippen LogP contribution in [0.4, 0.5) is 0 Å². The Bertz CT molecular complexity index is 242. The highest BCUT2D eigenvalue weighted by atomic mass is 16.3. The Morgan fingerprint density at radius 3 is 2.92 bits per heavy atom. The maximum absolute atomic E-state index is 9.68. The van der Waals surface area contributed by atoms with Gasteiger partial charge in [0.1, 0.15) is 0 Å². The minimum absolute atomic E-state index is 0.0420. The largest absolute Gasteiger partial charge is 0.393 e. The van der Waals surface area contributed by atoms with Crippen molar-refractivity contribution in [3.05, 3.63) is 11.1 Å². The molecule has 0 heterocycles. The highest BCUT2D eigenvalue weighted by molar-refractivity contribution is 5.25. The van der Waals surface area contributed by atoms with Crippen molar-refractivity contribution in [2.24, 2.45) is 5.41 Å². The Balaban J connectivity index is 2.29. The first kappa shape index (κ1) is 9.26. The molecule has 1 nitrogen and oxygen atoms in total. The molecule has 0 spiro atoms. The van der Waals surface area contributed by atoms with Crippen molar-refractivity contribution >= 4 is 0 Å². The standard InChI is InChI=1S/C12H20O/c1-9-4-3-7-12(2)8-10(13)5-6-11(9)12/h10,13H,3-8H2,1-2H3. The monoisotopic (exact) mass is 180 g/mol. The second kappa shape index (κ2) is 3.13. The van der Waals surface area contributed by atoms with E-state index in [2.05, 4.69) is 13.8 Å². The SMILES string of the molecule is CC1=C2CCC(O)CC2(C)CCC1. The van der Waals surface area contributed by atoms with Gasteiger partial charge in [0.25, 0.3) is 0 Å². The summed E-state index contributed by atoms with van der Waals surface area (Å²) in [5.41, 5.74) is 3.63. The van der Waals surface area contributed by atoms with Crippen molar-refractivity contribution in [2.45, 2.75) is 58.5 Å². The number of fused-ring (bicyclic) bond motifs is 1. The maximum Gasteiger partial charge on any atom is 0.0551 e. The Hall–Kier alpha value is -0.300. The summed E-state index contributed by atoms with van der Waals surface area (Å²) in [5, 5.41) is 9.68. The third-order valence-corrected chi connectivity index (χ3v) is 3.94. The molecule has 2 aliphatic rings. The molecule has 0 radical (unpaired) electrons. The molecule has 0 saturated heterocycles. The van der Waals surface area contributed by atoms with Gasteiger partial charge in [-0.2, -0.15) is 0 Å². The zero-order valence-electron chi connectivity index (χ0n) is 8.77. The van der Waals surface area contributed by atoms with E-state index in [4.69, 9.17) is 0 Å². The highest BCUT2D eigenvalue weighted by Gasteiger charge is 2.37. The summed E-state index contributed by atoms with van der Waals surface area (Å²) in [6, 6.07) is 0. The van der Waals surface area contributed by atoms with Gasteiger partial charge in [0.15, 0.2) is 0 Å². The lowest BCUT2D eigenvalue weighted by molar-refractivity contribution is 0.0795. The average molecular weight is 180 g/mol. The van der Waals surface area contributed by atoms with Gasteiger partial charge < -0.3 is 5.11 Å². The van der Waals surface area contributed by atoms with Crippen molar-refractivity contribution in [1.82, 2.24) is 0 Å². The van der Waals surface area contributed by atoms with Gasteiger partial charge >= 0.3 is 0 Å². The molecule has 13 heavy (non-hydrogen) atoms. The zero-order valence-corrected chi connectivity index (χ0v) is 8.77. The number of hydrogen-bond donors (Lipinski definition) is 1. The zero-order chi connectivity index (χ0) is 9.47. The van der Waals surface area contributed by atoms with Crippen LogP contribution in [0.3, 0.4) is 0 Å². The number of aliphatic hydroxyl groups is 1. The number of allylic oxidation sites excluding steroid dienone is 2. The van der Waals surface area contributed by atoms with Crippen LogP contribution < -0.4 is 0 Å². The molecule has 0 aromatic heterocycles. The second-order valence-corrected chi connectivity index (χ2v) is 5.07. The van der Waals surface area contributed by atoms with E-state index in [1.54, 1.807) is 11.1 Å². The van der Waals surface area contributed by atoms with Crippen molar-refractivity contribution < 1.29 is 5.11 Å². The molecule has 2 rings (SSSR count). The second-order valence-electron chi connectivity index (χ2n) is 5.07. The number of hydrogen-bond acceptors (Lipinski definition) is 1. The van der Waals surface area contributed by atoms with E-state index in [-0.39, 0.29) is 6.10 Å². The average Bonchev–Trinajstić information content (AvgIpc) is 2.02. The van der Waals surface area contributed by atoms with Crippen LogP contribution in [0.15, 0.2) is 11.1 Å². The van der Waals surface area contributed by atoms with E-state index >= 15 is 0 Å². The lowest BCUT2D eigenvalue weighted by Crippen LogP contribution is -2.33. The first-order chi connectivity index (χ1) is 6.12. The minimum atomic E-state index is -0.0420. The van der Waals surface area contributed by atoms with Gasteiger partial charge in [0, 0.05) is 0 Å². The minimum Gasteiger partial charge on any atom is -0.393 e. The summed E-state index contributed by atoms with van der Waals surface area (Å²) in [6.07, 6.45) is 6.99. The summed E-state index contributed by atoms with van der Waals surface area (Å²) >= 11 is 0. The van der Waals surface area contributed by atoms with E-state index in [9.17, 15) is 5.11 Å². The van der Waals surface area contributed by atoms with Crippen LogP contribution >= 0.6 is 0 Å². The summed E-state index contributed by atoms with van der Waals surface area (Å²) < 4.78 is 0. The molecule has 2 aliphatic carbocycles. The maximum atomic E-state index is 9.68. The van der Waals surface area contributed by atoms with E-state index in [1.807, 2.05) is 0 Å². The van der Waals surface area contributed by atoms with Gasteiger partial charge in [-0.3, -0.25) is 0 Å². The molecular formula is C12H20O. The van der Waals surface area contributed by atoms with Gasteiger partial charge in [-0.05, 0) is 50.9 Å². The Kier molecular flexibility index (Phi) is 2.23. The third-order valence-electron chi connectivity index (χ3n) is 3.94. The number of rotatable bonds is 0. The molecule has 0 amide bonds. The predicted molar refractivity (Wildman–Crippen MR) is 54.5 cm³/mol. The molecule has 74 valence electrons. The van der Waals surface area contributed by atoms with Crippen molar-refractivity contribution in [2.75, 3.05) is 0 Å². The molecule has 0 aromatic carbocycles. The van der Waals surface area contributed by atoms with Crippen LogP contribution in [-0.4, -0.2) is 11.2 Å². The van der Waals surface area contributed by atoms with E-state index in [0.717, 1.165) is 19.3 Å². The molecule has 2 unspecified atom stereocenters. The molecule has 0 aliphatic heterocycles. The van der Waals surface area contributed by atoms with Gasteiger partial charge in [0.2, 0.25) is 0 Å². The Labute approximate surface area is 80.8 Å². The fraction of sp³-hybridized carbons (Fsp3) is 0.833. The van der Waals surface area contributed by atoms with Crippen LogP contribution in [0.2, 0.25) is 0 Å². The molecular weight excluding hydrogens is 160 g/mol. The molecule has 1 saturated carbocycles. The first-order valence-corrected chi connectivity index (χ1v) is 5.49. The fourth-order valence-corrected chi connectivity index (χ4v) is 3.23. The summed E-state index contributed by atoms with van der Waals surface area (Å²) in [5.74, 6) is 0. The van der Waals surface area contributed by atoms with Crippen molar-refractivity contribution in [3.8, 4) is 0 Å². The van der Waals surface area contributed by atoms with Crippen LogP contribution in [0.5, 0.6) is 0 Å². The quantitative estimate of drug-likeness (QED) is 0.568. The summed E-state index contributed by atoms with van der Waals surface area (Å²) in [6.45, 7) is 4.62.